The van der Waals surface area contributed by atoms with Gasteiger partial charge in [-0.15, -0.1) is 0 Å². The van der Waals surface area contributed by atoms with Gasteiger partial charge in [0.15, 0.2) is 23.0 Å². The monoisotopic (exact) mass is 467 g/mol. The number of ether oxygens (including phenoxy) is 2. The molecule has 7 nitrogen and oxygen atoms in total. The summed E-state index contributed by atoms with van der Waals surface area (Å²) in [5, 5.41) is 8.80. The van der Waals surface area contributed by atoms with Gasteiger partial charge in [0.05, 0.1) is 22.3 Å². The lowest BCUT2D eigenvalue weighted by molar-refractivity contribution is 0.104. The van der Waals surface area contributed by atoms with Gasteiger partial charge in [-0.05, 0) is 36.5 Å². The Bertz CT molecular complexity index is 1500. The average Bonchev–Trinajstić information content (AvgIpc) is 3.49. The van der Waals surface area contributed by atoms with Gasteiger partial charge in [0, 0.05) is 36.0 Å². The van der Waals surface area contributed by atoms with E-state index >= 15 is 0 Å². The molecular formula is C28H25N3O4. The molecular weight excluding hydrogens is 442 g/mol. The first-order chi connectivity index (χ1) is 17.1. The smallest absolute Gasteiger partial charge is 0.231 e. The Kier molecular flexibility index (Phi) is 4.37. The Balaban J connectivity index is 1.44. The second-order valence-electron chi connectivity index (χ2n) is 9.97. The molecule has 2 aliphatic heterocycles. The first-order valence-corrected chi connectivity index (χ1v) is 12.1. The molecule has 1 fully saturated rings. The Morgan fingerprint density at radius 2 is 1.74 bits per heavy atom. The quantitative estimate of drug-likeness (QED) is 0.349. The van der Waals surface area contributed by atoms with Crippen LogP contribution < -0.4 is 19.7 Å². The summed E-state index contributed by atoms with van der Waals surface area (Å²) in [4.78, 5) is 16.2. The van der Waals surface area contributed by atoms with Crippen LogP contribution in [0.4, 0.5) is 17.1 Å². The minimum Gasteiger partial charge on any atom is -0.454 e. The predicted molar refractivity (Wildman–Crippen MR) is 134 cm³/mol. The minimum atomic E-state index is -0.0310. The van der Waals surface area contributed by atoms with E-state index in [0.717, 1.165) is 52.4 Å². The van der Waals surface area contributed by atoms with E-state index < -0.39 is 0 Å². The number of ketones is 1. The highest BCUT2D eigenvalue weighted by Gasteiger charge is 2.35. The standard InChI is InChI=1S/C28H25N3O4/c1-15-9-16(2)13-31(12-15)21-11-20(29-17-7-8-22-23(10-17)34-14-33-22)24-25-26(21)30-35-28(25)19-6-4-3-5-18(19)27(24)32/h3-8,10-11,15-16,29H,9,12-14H2,1-2H3/t15-,16+. The van der Waals surface area contributed by atoms with Gasteiger partial charge < -0.3 is 24.2 Å². The second-order valence-corrected chi connectivity index (χ2v) is 9.97. The van der Waals surface area contributed by atoms with Crippen molar-refractivity contribution in [2.45, 2.75) is 20.3 Å². The first-order valence-electron chi connectivity index (χ1n) is 12.1. The first kappa shape index (κ1) is 20.4. The van der Waals surface area contributed by atoms with Crippen LogP contribution in [0.1, 0.15) is 36.2 Å². The van der Waals surface area contributed by atoms with Crippen molar-refractivity contribution in [2.24, 2.45) is 11.8 Å². The van der Waals surface area contributed by atoms with Crippen LogP contribution in [0.3, 0.4) is 0 Å². The Labute approximate surface area is 202 Å². The lowest BCUT2D eigenvalue weighted by Gasteiger charge is -2.37. The number of nitrogens with zero attached hydrogens (tertiary/aromatic N) is 2. The molecule has 0 unspecified atom stereocenters. The van der Waals surface area contributed by atoms with Crippen molar-refractivity contribution >= 4 is 33.7 Å². The van der Waals surface area contributed by atoms with Crippen molar-refractivity contribution in [1.82, 2.24) is 5.16 Å². The zero-order valence-corrected chi connectivity index (χ0v) is 19.6. The molecule has 1 aromatic heterocycles. The molecule has 7 rings (SSSR count). The molecule has 0 spiro atoms. The van der Waals surface area contributed by atoms with E-state index in [1.807, 2.05) is 42.5 Å². The van der Waals surface area contributed by atoms with Crippen LogP contribution in [-0.2, 0) is 0 Å². The summed E-state index contributed by atoms with van der Waals surface area (Å²) < 4.78 is 17.0. The average molecular weight is 468 g/mol. The SMILES string of the molecule is C[C@@H]1C[C@H](C)CN(c2cc(Nc3ccc4c(c3)OCO4)c3c4c(onc24)-c2ccccc2C3=O)C1. The van der Waals surface area contributed by atoms with E-state index in [0.29, 0.717) is 34.5 Å². The van der Waals surface area contributed by atoms with Crippen molar-refractivity contribution in [3.8, 4) is 22.8 Å². The maximum absolute atomic E-state index is 13.8. The van der Waals surface area contributed by atoms with Crippen LogP contribution >= 0.6 is 0 Å². The van der Waals surface area contributed by atoms with Crippen LogP contribution in [0.15, 0.2) is 53.1 Å². The highest BCUT2D eigenvalue weighted by Crippen LogP contribution is 2.47. The Morgan fingerprint density at radius 1 is 0.971 bits per heavy atom. The lowest BCUT2D eigenvalue weighted by atomic mass is 9.85. The number of rotatable bonds is 3. The number of fused-ring (bicyclic) bond motifs is 3. The number of aromatic nitrogens is 1. The van der Waals surface area contributed by atoms with Gasteiger partial charge in [-0.3, -0.25) is 4.79 Å². The van der Waals surface area contributed by atoms with Gasteiger partial charge in [-0.2, -0.15) is 0 Å². The number of benzene rings is 3. The lowest BCUT2D eigenvalue weighted by Crippen LogP contribution is -2.39. The van der Waals surface area contributed by atoms with Crippen LogP contribution in [0.25, 0.3) is 22.2 Å². The third kappa shape index (κ3) is 3.11. The molecule has 3 aromatic carbocycles. The number of carbonyl (C=O) groups is 1. The maximum Gasteiger partial charge on any atom is 0.231 e. The fraction of sp³-hybridized carbons (Fsp3) is 0.286. The number of hydrogen-bond donors (Lipinski definition) is 1. The molecule has 0 amide bonds. The molecule has 1 aliphatic carbocycles. The van der Waals surface area contributed by atoms with Crippen LogP contribution in [0.2, 0.25) is 0 Å². The van der Waals surface area contributed by atoms with Crippen molar-refractivity contribution < 1.29 is 18.8 Å². The zero-order valence-electron chi connectivity index (χ0n) is 19.6. The van der Waals surface area contributed by atoms with Gasteiger partial charge in [-0.1, -0.05) is 43.3 Å². The van der Waals surface area contributed by atoms with E-state index in [4.69, 9.17) is 14.0 Å². The van der Waals surface area contributed by atoms with E-state index in [1.54, 1.807) is 0 Å². The fourth-order valence-electron chi connectivity index (χ4n) is 5.87. The molecule has 7 heteroatoms. The summed E-state index contributed by atoms with van der Waals surface area (Å²) in [6, 6.07) is 15.4. The highest BCUT2D eigenvalue weighted by molar-refractivity contribution is 6.28. The van der Waals surface area contributed by atoms with Gasteiger partial charge in [0.1, 0.15) is 5.52 Å². The Hall–Kier alpha value is -4.00. The summed E-state index contributed by atoms with van der Waals surface area (Å²) in [5.74, 6) is 3.16. The molecule has 35 heavy (non-hydrogen) atoms. The summed E-state index contributed by atoms with van der Waals surface area (Å²) in [5.41, 5.74) is 5.30. The molecule has 176 valence electrons. The van der Waals surface area contributed by atoms with Crippen LogP contribution in [0.5, 0.6) is 11.5 Å². The molecule has 2 atom stereocenters. The van der Waals surface area contributed by atoms with Crippen LogP contribution in [-0.4, -0.2) is 30.8 Å². The van der Waals surface area contributed by atoms with Gasteiger partial charge in [0.2, 0.25) is 6.79 Å². The van der Waals surface area contributed by atoms with Crippen LogP contribution in [0, 0.1) is 11.8 Å². The van der Waals surface area contributed by atoms with E-state index in [2.05, 4.69) is 35.3 Å². The minimum absolute atomic E-state index is 0.0310. The van der Waals surface area contributed by atoms with E-state index in [9.17, 15) is 4.79 Å². The molecule has 3 aliphatic rings. The van der Waals surface area contributed by atoms with Gasteiger partial charge >= 0.3 is 0 Å². The molecule has 4 aromatic rings. The maximum atomic E-state index is 13.8. The summed E-state index contributed by atoms with van der Waals surface area (Å²) >= 11 is 0. The van der Waals surface area contributed by atoms with Gasteiger partial charge in [0.25, 0.3) is 0 Å². The number of piperidine rings is 1. The third-order valence-corrected chi connectivity index (χ3v) is 7.24. The fourth-order valence-corrected chi connectivity index (χ4v) is 5.87. The predicted octanol–water partition coefficient (Wildman–Crippen LogP) is 5.99. The molecule has 0 bridgehead atoms. The Morgan fingerprint density at radius 3 is 2.57 bits per heavy atom. The molecule has 1 N–H and O–H groups in total. The molecule has 1 saturated heterocycles. The number of carbonyl (C=O) groups excluding carboxylic acids is 1. The van der Waals surface area contributed by atoms with E-state index in [-0.39, 0.29) is 12.6 Å². The number of nitrogens with one attached hydrogen (secondary N) is 1. The van der Waals surface area contributed by atoms with Crippen molar-refractivity contribution in [3.63, 3.8) is 0 Å². The topological polar surface area (TPSA) is 76.8 Å². The second kappa shape index (κ2) is 7.50. The van der Waals surface area contributed by atoms with E-state index in [1.165, 1.54) is 6.42 Å². The summed E-state index contributed by atoms with van der Waals surface area (Å²) in [6.45, 7) is 6.67. The molecule has 0 saturated carbocycles. The largest absolute Gasteiger partial charge is 0.454 e. The van der Waals surface area contributed by atoms with Crippen molar-refractivity contribution in [3.05, 3.63) is 59.7 Å². The number of anilines is 3. The molecule has 3 heterocycles. The van der Waals surface area contributed by atoms with Gasteiger partial charge in [-0.25, -0.2) is 0 Å². The highest BCUT2D eigenvalue weighted by atomic mass is 16.7. The van der Waals surface area contributed by atoms with Crippen molar-refractivity contribution in [2.75, 3.05) is 30.1 Å². The third-order valence-electron chi connectivity index (χ3n) is 7.24. The normalized spacial score (nSPS) is 20.3. The zero-order chi connectivity index (χ0) is 23.7. The number of hydrogen-bond acceptors (Lipinski definition) is 7. The summed E-state index contributed by atoms with van der Waals surface area (Å²) in [6.07, 6.45) is 1.20. The summed E-state index contributed by atoms with van der Waals surface area (Å²) in [7, 11) is 0. The molecule has 0 radical (unpaired) electrons. The van der Waals surface area contributed by atoms with Crippen molar-refractivity contribution in [1.29, 1.82) is 0 Å².